The maximum Gasteiger partial charge on any atom is 0.247 e. The van der Waals surface area contributed by atoms with Gasteiger partial charge in [0, 0.05) is 5.69 Å². The summed E-state index contributed by atoms with van der Waals surface area (Å²) in [4.78, 5) is 12.0. The average molecular weight is 286 g/mol. The Morgan fingerprint density at radius 3 is 2.24 bits per heavy atom. The van der Waals surface area contributed by atoms with Gasteiger partial charge in [-0.3, -0.25) is 4.79 Å². The number of carbonyl (C=O) groups excluding carboxylic acids is 1. The number of rotatable bonds is 4. The minimum Gasteiger partial charge on any atom is -0.368 e. The predicted molar refractivity (Wildman–Crippen MR) is 82.5 cm³/mol. The number of hydrogen-bond acceptors (Lipinski definition) is 2. The molecule has 0 bridgehead atoms. The molecule has 0 radical (unpaired) electrons. The Morgan fingerprint density at radius 2 is 1.71 bits per heavy atom. The minimum absolute atomic E-state index is 0.326. The summed E-state index contributed by atoms with van der Waals surface area (Å²) in [6, 6.07) is 11.6. The first-order chi connectivity index (χ1) is 9.83. The molecule has 110 valence electrons. The van der Waals surface area contributed by atoms with Crippen LogP contribution in [0.3, 0.4) is 0 Å². The second kappa shape index (κ2) is 5.56. The topological polar surface area (TPSA) is 55.1 Å². The van der Waals surface area contributed by atoms with E-state index in [1.807, 2.05) is 32.0 Å². The van der Waals surface area contributed by atoms with E-state index in [1.165, 1.54) is 12.1 Å². The molecule has 0 aliphatic heterocycles. The monoisotopic (exact) mass is 286 g/mol. The van der Waals surface area contributed by atoms with Crippen LogP contribution in [0.1, 0.15) is 23.6 Å². The minimum atomic E-state index is -1.06. The number of amides is 1. The van der Waals surface area contributed by atoms with Gasteiger partial charge in [-0.25, -0.2) is 4.39 Å². The maximum atomic E-state index is 13.0. The zero-order valence-corrected chi connectivity index (χ0v) is 12.4. The molecule has 21 heavy (non-hydrogen) atoms. The van der Waals surface area contributed by atoms with Crippen molar-refractivity contribution in [3.05, 3.63) is 65.0 Å². The van der Waals surface area contributed by atoms with E-state index in [0.29, 0.717) is 5.69 Å². The van der Waals surface area contributed by atoms with Gasteiger partial charge >= 0.3 is 0 Å². The summed E-state index contributed by atoms with van der Waals surface area (Å²) in [5, 5.41) is 3.10. The first kappa shape index (κ1) is 15.0. The molecule has 4 heteroatoms. The van der Waals surface area contributed by atoms with Crippen LogP contribution in [-0.4, -0.2) is 5.91 Å². The van der Waals surface area contributed by atoms with Crippen molar-refractivity contribution in [2.24, 2.45) is 5.73 Å². The van der Waals surface area contributed by atoms with Crippen LogP contribution in [0.5, 0.6) is 0 Å². The number of aryl methyl sites for hydroxylation is 2. The van der Waals surface area contributed by atoms with E-state index in [4.69, 9.17) is 5.73 Å². The number of anilines is 1. The molecule has 0 fully saturated rings. The Hall–Kier alpha value is -2.36. The van der Waals surface area contributed by atoms with Gasteiger partial charge in [-0.1, -0.05) is 18.2 Å². The summed E-state index contributed by atoms with van der Waals surface area (Å²) in [7, 11) is 0. The molecular weight excluding hydrogens is 267 g/mol. The van der Waals surface area contributed by atoms with Crippen LogP contribution in [0.15, 0.2) is 42.5 Å². The molecule has 3 nitrogen and oxygen atoms in total. The Bertz CT molecular complexity index is 667. The van der Waals surface area contributed by atoms with Gasteiger partial charge in [0.2, 0.25) is 5.91 Å². The molecule has 2 aromatic rings. The summed E-state index contributed by atoms with van der Waals surface area (Å²) in [6.45, 7) is 5.72. The van der Waals surface area contributed by atoms with Crippen molar-refractivity contribution in [1.29, 1.82) is 0 Å². The van der Waals surface area contributed by atoms with E-state index in [-0.39, 0.29) is 5.82 Å². The molecule has 3 N–H and O–H groups in total. The third-order valence-corrected chi connectivity index (χ3v) is 3.82. The highest BCUT2D eigenvalue weighted by molar-refractivity contribution is 5.89. The van der Waals surface area contributed by atoms with Crippen LogP contribution in [0.25, 0.3) is 0 Å². The number of benzene rings is 2. The van der Waals surface area contributed by atoms with Crippen molar-refractivity contribution in [3.8, 4) is 0 Å². The first-order valence-electron chi connectivity index (χ1n) is 6.74. The van der Waals surface area contributed by atoms with Gasteiger partial charge in [-0.15, -0.1) is 0 Å². The molecule has 0 spiro atoms. The van der Waals surface area contributed by atoms with Crippen molar-refractivity contribution >= 4 is 11.6 Å². The lowest BCUT2D eigenvalue weighted by Crippen LogP contribution is -2.45. The van der Waals surface area contributed by atoms with Crippen LogP contribution in [0, 0.1) is 19.7 Å². The van der Waals surface area contributed by atoms with Crippen molar-refractivity contribution in [1.82, 2.24) is 0 Å². The molecule has 2 aromatic carbocycles. The van der Waals surface area contributed by atoms with E-state index in [1.54, 1.807) is 19.1 Å². The highest BCUT2D eigenvalue weighted by Crippen LogP contribution is 2.27. The zero-order valence-electron chi connectivity index (χ0n) is 12.4. The molecule has 1 unspecified atom stereocenters. The van der Waals surface area contributed by atoms with Gasteiger partial charge in [0.05, 0.1) is 0 Å². The van der Waals surface area contributed by atoms with E-state index in [9.17, 15) is 9.18 Å². The second-order valence-corrected chi connectivity index (χ2v) is 5.42. The van der Waals surface area contributed by atoms with Gasteiger partial charge in [-0.2, -0.15) is 0 Å². The lowest BCUT2D eigenvalue weighted by atomic mass is 9.88. The summed E-state index contributed by atoms with van der Waals surface area (Å²) in [5.74, 6) is -0.817. The summed E-state index contributed by atoms with van der Waals surface area (Å²) in [6.07, 6.45) is 0. The quantitative estimate of drug-likeness (QED) is 0.906. The number of primary amides is 1. The zero-order chi connectivity index (χ0) is 15.6. The molecule has 1 atom stereocenters. The number of hydrogen-bond donors (Lipinski definition) is 2. The van der Waals surface area contributed by atoms with Crippen molar-refractivity contribution in [2.45, 2.75) is 26.3 Å². The third-order valence-electron chi connectivity index (χ3n) is 3.82. The van der Waals surface area contributed by atoms with Crippen molar-refractivity contribution < 1.29 is 9.18 Å². The molecule has 2 rings (SSSR count). The molecule has 1 amide bonds. The van der Waals surface area contributed by atoms with Crippen molar-refractivity contribution in [3.63, 3.8) is 0 Å². The third kappa shape index (κ3) is 3.05. The number of nitrogens with one attached hydrogen (secondary N) is 1. The van der Waals surface area contributed by atoms with Gasteiger partial charge in [-0.05, 0) is 61.7 Å². The van der Waals surface area contributed by atoms with Gasteiger partial charge < -0.3 is 11.1 Å². The van der Waals surface area contributed by atoms with Gasteiger partial charge in [0.15, 0.2) is 0 Å². The van der Waals surface area contributed by atoms with Crippen LogP contribution >= 0.6 is 0 Å². The number of nitrogens with two attached hydrogens (primary N) is 1. The summed E-state index contributed by atoms with van der Waals surface area (Å²) < 4.78 is 13.0. The Balaban J connectivity index is 2.42. The highest BCUT2D eigenvalue weighted by Gasteiger charge is 2.33. The standard InChI is InChI=1S/C17H19FN2O/c1-11-4-5-13(10-12(11)2)17(3,16(19)21)20-15-8-6-14(18)7-9-15/h4-10,20H,1-3H3,(H2,19,21). The fraction of sp³-hybridized carbons (Fsp3) is 0.235. The first-order valence-corrected chi connectivity index (χ1v) is 6.74. The van der Waals surface area contributed by atoms with Crippen LogP contribution < -0.4 is 11.1 Å². The molecule has 0 saturated heterocycles. The average Bonchev–Trinajstić information content (AvgIpc) is 2.44. The lowest BCUT2D eigenvalue weighted by Gasteiger charge is -2.29. The van der Waals surface area contributed by atoms with Crippen LogP contribution in [0.2, 0.25) is 0 Å². The highest BCUT2D eigenvalue weighted by atomic mass is 19.1. The number of halogens is 1. The van der Waals surface area contributed by atoms with E-state index in [0.717, 1.165) is 16.7 Å². The molecule has 0 aliphatic rings. The molecule has 0 aliphatic carbocycles. The normalized spacial score (nSPS) is 13.5. The van der Waals surface area contributed by atoms with E-state index < -0.39 is 11.4 Å². The largest absolute Gasteiger partial charge is 0.368 e. The molecule has 0 aromatic heterocycles. The van der Waals surface area contributed by atoms with E-state index in [2.05, 4.69) is 5.32 Å². The van der Waals surface area contributed by atoms with Crippen molar-refractivity contribution in [2.75, 3.05) is 5.32 Å². The molecule has 0 saturated carbocycles. The Morgan fingerprint density at radius 1 is 1.10 bits per heavy atom. The fourth-order valence-electron chi connectivity index (χ4n) is 2.15. The molecular formula is C17H19FN2O. The van der Waals surface area contributed by atoms with Gasteiger partial charge in [0.1, 0.15) is 11.4 Å². The Kier molecular flexibility index (Phi) is 3.98. The summed E-state index contributed by atoms with van der Waals surface area (Å²) in [5.41, 5.74) is 8.18. The SMILES string of the molecule is Cc1ccc(C(C)(Nc2ccc(F)cc2)C(N)=O)cc1C. The summed E-state index contributed by atoms with van der Waals surface area (Å²) >= 11 is 0. The van der Waals surface area contributed by atoms with Crippen LogP contribution in [0.4, 0.5) is 10.1 Å². The van der Waals surface area contributed by atoms with E-state index >= 15 is 0 Å². The number of carbonyl (C=O) groups is 1. The molecule has 0 heterocycles. The van der Waals surface area contributed by atoms with Gasteiger partial charge in [0.25, 0.3) is 0 Å². The lowest BCUT2D eigenvalue weighted by molar-refractivity contribution is -0.122. The second-order valence-electron chi connectivity index (χ2n) is 5.42. The fourth-order valence-corrected chi connectivity index (χ4v) is 2.15. The smallest absolute Gasteiger partial charge is 0.247 e. The van der Waals surface area contributed by atoms with Crippen LogP contribution in [-0.2, 0) is 10.3 Å². The Labute approximate surface area is 124 Å². The maximum absolute atomic E-state index is 13.0. The predicted octanol–water partition coefficient (Wildman–Crippen LogP) is 3.26.